The normalized spacial score (nSPS) is 10.7. The Bertz CT molecular complexity index is 424. The SMILES string of the molecule is CC(C)NCc1ccc(OCCCF)c([N+](=O)[O-])c1. The Kier molecular flexibility index (Phi) is 6.21. The summed E-state index contributed by atoms with van der Waals surface area (Å²) in [5.41, 5.74) is 0.736. The molecule has 1 aromatic carbocycles. The quantitative estimate of drug-likeness (QED) is 0.448. The number of hydrogen-bond acceptors (Lipinski definition) is 4. The molecule has 1 aromatic rings. The van der Waals surface area contributed by atoms with Gasteiger partial charge in [0.25, 0.3) is 0 Å². The molecule has 0 spiro atoms. The first-order chi connectivity index (χ1) is 9.04. The van der Waals surface area contributed by atoms with E-state index in [1.54, 1.807) is 12.1 Å². The van der Waals surface area contributed by atoms with Crippen molar-refractivity contribution in [3.63, 3.8) is 0 Å². The molecular weight excluding hydrogens is 251 g/mol. The van der Waals surface area contributed by atoms with Gasteiger partial charge in [0.15, 0.2) is 5.75 Å². The molecule has 0 unspecified atom stereocenters. The van der Waals surface area contributed by atoms with Crippen LogP contribution in [0.25, 0.3) is 0 Å². The third-order valence-corrected chi connectivity index (χ3v) is 2.47. The molecule has 0 amide bonds. The zero-order valence-electron chi connectivity index (χ0n) is 11.2. The summed E-state index contributed by atoms with van der Waals surface area (Å²) in [6.07, 6.45) is 0.230. The van der Waals surface area contributed by atoms with Crippen LogP contribution in [-0.4, -0.2) is 24.2 Å². The predicted molar refractivity (Wildman–Crippen MR) is 71.2 cm³/mol. The maximum Gasteiger partial charge on any atom is 0.311 e. The number of hydrogen-bond donors (Lipinski definition) is 1. The van der Waals surface area contributed by atoms with Gasteiger partial charge in [-0.25, -0.2) is 0 Å². The Morgan fingerprint density at radius 2 is 2.21 bits per heavy atom. The second kappa shape index (κ2) is 7.68. The van der Waals surface area contributed by atoms with Crippen LogP contribution >= 0.6 is 0 Å². The van der Waals surface area contributed by atoms with Crippen LogP contribution in [0.2, 0.25) is 0 Å². The molecule has 0 fully saturated rings. The first kappa shape index (κ1) is 15.4. The Morgan fingerprint density at radius 3 is 2.79 bits per heavy atom. The number of ether oxygens (including phenoxy) is 1. The van der Waals surface area contributed by atoms with Gasteiger partial charge < -0.3 is 10.1 Å². The summed E-state index contributed by atoms with van der Waals surface area (Å²) >= 11 is 0. The number of nitrogens with one attached hydrogen (secondary N) is 1. The maximum atomic E-state index is 12.0. The molecule has 5 nitrogen and oxygen atoms in total. The van der Waals surface area contributed by atoms with Gasteiger partial charge in [0, 0.05) is 25.1 Å². The molecule has 0 aliphatic rings. The van der Waals surface area contributed by atoms with E-state index in [0.717, 1.165) is 5.56 Å². The number of rotatable bonds is 8. The number of benzene rings is 1. The first-order valence-electron chi connectivity index (χ1n) is 6.24. The van der Waals surface area contributed by atoms with Crippen LogP contribution in [0.15, 0.2) is 18.2 Å². The van der Waals surface area contributed by atoms with Gasteiger partial charge in [-0.15, -0.1) is 0 Å². The monoisotopic (exact) mass is 270 g/mol. The summed E-state index contributed by atoms with van der Waals surface area (Å²) in [5.74, 6) is 0.187. The van der Waals surface area contributed by atoms with Crippen molar-refractivity contribution in [3.8, 4) is 5.75 Å². The predicted octanol–water partition coefficient (Wildman–Crippen LogP) is 2.83. The summed E-state index contributed by atoms with van der Waals surface area (Å²) in [6, 6.07) is 5.13. The Morgan fingerprint density at radius 1 is 1.47 bits per heavy atom. The van der Waals surface area contributed by atoms with E-state index in [2.05, 4.69) is 5.32 Å². The fraction of sp³-hybridized carbons (Fsp3) is 0.538. The Balaban J connectivity index is 2.79. The van der Waals surface area contributed by atoms with Gasteiger partial charge in [0.05, 0.1) is 18.2 Å². The summed E-state index contributed by atoms with van der Waals surface area (Å²) in [5, 5.41) is 14.2. The van der Waals surface area contributed by atoms with Crippen molar-refractivity contribution in [2.75, 3.05) is 13.3 Å². The van der Waals surface area contributed by atoms with Crippen molar-refractivity contribution in [1.29, 1.82) is 0 Å². The molecule has 19 heavy (non-hydrogen) atoms. The van der Waals surface area contributed by atoms with E-state index >= 15 is 0 Å². The zero-order chi connectivity index (χ0) is 14.3. The molecule has 1 rings (SSSR count). The van der Waals surface area contributed by atoms with Gasteiger partial charge in [0.1, 0.15) is 0 Å². The number of halogens is 1. The van der Waals surface area contributed by atoms with Crippen LogP contribution in [0.5, 0.6) is 5.75 Å². The summed E-state index contributed by atoms with van der Waals surface area (Å²) in [7, 11) is 0. The lowest BCUT2D eigenvalue weighted by Gasteiger charge is -2.10. The topological polar surface area (TPSA) is 64.4 Å². The summed E-state index contributed by atoms with van der Waals surface area (Å²) in [6.45, 7) is 4.21. The Hall–Kier alpha value is -1.69. The fourth-order valence-electron chi connectivity index (χ4n) is 1.50. The van der Waals surface area contributed by atoms with Gasteiger partial charge >= 0.3 is 5.69 Å². The minimum absolute atomic E-state index is 0.0816. The number of nitro groups is 1. The molecule has 0 aliphatic carbocycles. The molecule has 0 radical (unpaired) electrons. The molecule has 0 bridgehead atoms. The van der Waals surface area contributed by atoms with E-state index in [1.807, 2.05) is 13.8 Å². The summed E-state index contributed by atoms with van der Waals surface area (Å²) in [4.78, 5) is 10.5. The van der Waals surface area contributed by atoms with Crippen LogP contribution in [0.4, 0.5) is 10.1 Å². The third kappa shape index (κ3) is 5.21. The van der Waals surface area contributed by atoms with E-state index in [-0.39, 0.29) is 24.5 Å². The van der Waals surface area contributed by atoms with E-state index in [1.165, 1.54) is 6.07 Å². The van der Waals surface area contributed by atoms with Crippen LogP contribution in [0, 0.1) is 10.1 Å². The van der Waals surface area contributed by atoms with E-state index in [0.29, 0.717) is 12.6 Å². The molecule has 6 heteroatoms. The van der Waals surface area contributed by atoms with Crippen molar-refractivity contribution in [3.05, 3.63) is 33.9 Å². The highest BCUT2D eigenvalue weighted by Gasteiger charge is 2.15. The average molecular weight is 270 g/mol. The first-order valence-corrected chi connectivity index (χ1v) is 6.24. The van der Waals surface area contributed by atoms with Gasteiger partial charge in [-0.2, -0.15) is 0 Å². The molecule has 0 atom stereocenters. The van der Waals surface area contributed by atoms with Gasteiger partial charge in [-0.3, -0.25) is 14.5 Å². The number of nitro benzene ring substituents is 1. The minimum atomic E-state index is -0.496. The third-order valence-electron chi connectivity index (χ3n) is 2.47. The highest BCUT2D eigenvalue weighted by Crippen LogP contribution is 2.28. The lowest BCUT2D eigenvalue weighted by Crippen LogP contribution is -2.21. The minimum Gasteiger partial charge on any atom is -0.487 e. The highest BCUT2D eigenvalue weighted by molar-refractivity contribution is 5.48. The molecular formula is C13H19FN2O3. The molecule has 0 saturated carbocycles. The second-order valence-corrected chi connectivity index (χ2v) is 4.49. The van der Waals surface area contributed by atoms with Gasteiger partial charge in [-0.1, -0.05) is 19.9 Å². The van der Waals surface area contributed by atoms with Crippen LogP contribution < -0.4 is 10.1 Å². The van der Waals surface area contributed by atoms with E-state index in [9.17, 15) is 14.5 Å². The van der Waals surface area contributed by atoms with Crippen molar-refractivity contribution >= 4 is 5.69 Å². The van der Waals surface area contributed by atoms with Crippen molar-refractivity contribution in [1.82, 2.24) is 5.32 Å². The lowest BCUT2D eigenvalue weighted by atomic mass is 10.2. The largest absolute Gasteiger partial charge is 0.487 e. The van der Waals surface area contributed by atoms with Crippen LogP contribution in [0.3, 0.4) is 0 Å². The average Bonchev–Trinajstić information content (AvgIpc) is 2.37. The standard InChI is InChI=1S/C13H19FN2O3/c1-10(2)15-9-11-4-5-13(19-7-3-6-14)12(8-11)16(17)18/h4-5,8,10,15H,3,6-7,9H2,1-2H3. The van der Waals surface area contributed by atoms with Crippen molar-refractivity contribution in [2.45, 2.75) is 32.9 Å². The number of nitrogens with zero attached hydrogens (tertiary/aromatic N) is 1. The smallest absolute Gasteiger partial charge is 0.311 e. The summed E-state index contributed by atoms with van der Waals surface area (Å²) < 4.78 is 17.2. The second-order valence-electron chi connectivity index (χ2n) is 4.49. The van der Waals surface area contributed by atoms with Crippen LogP contribution in [0.1, 0.15) is 25.8 Å². The molecule has 0 saturated heterocycles. The van der Waals surface area contributed by atoms with Crippen LogP contribution in [-0.2, 0) is 6.54 Å². The lowest BCUT2D eigenvalue weighted by molar-refractivity contribution is -0.385. The number of alkyl halides is 1. The maximum absolute atomic E-state index is 12.0. The highest BCUT2D eigenvalue weighted by atomic mass is 19.1. The molecule has 0 aliphatic heterocycles. The zero-order valence-corrected chi connectivity index (χ0v) is 11.2. The molecule has 106 valence electrons. The molecule has 1 N–H and O–H groups in total. The molecule has 0 heterocycles. The van der Waals surface area contributed by atoms with Gasteiger partial charge in [-0.05, 0) is 11.6 Å². The van der Waals surface area contributed by atoms with Crippen molar-refractivity contribution < 1.29 is 14.1 Å². The van der Waals surface area contributed by atoms with E-state index in [4.69, 9.17) is 4.74 Å². The Labute approximate surface area is 111 Å². The van der Waals surface area contributed by atoms with E-state index < -0.39 is 11.6 Å². The van der Waals surface area contributed by atoms with Gasteiger partial charge in [0.2, 0.25) is 0 Å². The fourth-order valence-corrected chi connectivity index (χ4v) is 1.50. The van der Waals surface area contributed by atoms with Crippen molar-refractivity contribution in [2.24, 2.45) is 0 Å². The molecule has 0 aromatic heterocycles.